The molecule has 2 atom stereocenters. The van der Waals surface area contributed by atoms with E-state index in [4.69, 9.17) is 4.74 Å². The van der Waals surface area contributed by atoms with E-state index < -0.39 is 22.0 Å². The number of fused-ring (bicyclic) bond motifs is 1. The minimum atomic E-state index is -3.86. The van der Waals surface area contributed by atoms with Gasteiger partial charge in [-0.25, -0.2) is 13.1 Å². The molecule has 8 nitrogen and oxygen atoms in total. The van der Waals surface area contributed by atoms with Crippen LogP contribution in [-0.2, 0) is 21.2 Å². The van der Waals surface area contributed by atoms with Crippen LogP contribution in [0.15, 0.2) is 71.9 Å². The van der Waals surface area contributed by atoms with Crippen LogP contribution in [0.4, 0.5) is 0 Å². The van der Waals surface area contributed by atoms with Crippen LogP contribution in [0.5, 0.6) is 5.75 Å². The summed E-state index contributed by atoms with van der Waals surface area (Å²) in [4.78, 5) is 16.0. The lowest BCUT2D eigenvalue weighted by molar-refractivity contribution is -0.120. The Hall–Kier alpha value is -3.27. The molecule has 1 aliphatic heterocycles. The Kier molecular flexibility index (Phi) is 7.04. The average Bonchev–Trinajstić information content (AvgIpc) is 3.75. The first-order chi connectivity index (χ1) is 17.4. The van der Waals surface area contributed by atoms with Gasteiger partial charge in [0.1, 0.15) is 11.9 Å². The molecule has 1 amide bonds. The second-order valence-corrected chi connectivity index (χ2v) is 11.0. The van der Waals surface area contributed by atoms with E-state index >= 15 is 0 Å². The van der Waals surface area contributed by atoms with E-state index in [0.29, 0.717) is 13.1 Å². The van der Waals surface area contributed by atoms with Gasteiger partial charge in [0.05, 0.1) is 11.0 Å². The predicted octanol–water partition coefficient (Wildman–Crippen LogP) is 2.98. The summed E-state index contributed by atoms with van der Waals surface area (Å²) in [6.45, 7) is 1.05. The first kappa shape index (κ1) is 24.4. The number of aliphatic hydroxyl groups excluding tert-OH is 1. The van der Waals surface area contributed by atoms with Crippen LogP contribution in [0.1, 0.15) is 36.5 Å². The van der Waals surface area contributed by atoms with Gasteiger partial charge < -0.3 is 15.2 Å². The first-order valence-corrected chi connectivity index (χ1v) is 13.6. The molecular weight excluding hydrogens is 478 g/mol. The summed E-state index contributed by atoms with van der Waals surface area (Å²) in [5.74, 6) is 0.240. The summed E-state index contributed by atoms with van der Waals surface area (Å²) in [6.07, 6.45) is 5.94. The molecule has 36 heavy (non-hydrogen) atoms. The molecule has 0 unspecified atom stereocenters. The van der Waals surface area contributed by atoms with Gasteiger partial charge in [0, 0.05) is 37.0 Å². The Labute approximate surface area is 210 Å². The van der Waals surface area contributed by atoms with Crippen molar-refractivity contribution in [3.8, 4) is 16.9 Å². The van der Waals surface area contributed by atoms with Crippen molar-refractivity contribution in [1.29, 1.82) is 0 Å². The van der Waals surface area contributed by atoms with Crippen molar-refractivity contribution in [3.63, 3.8) is 0 Å². The van der Waals surface area contributed by atoms with Gasteiger partial charge in [0.15, 0.2) is 0 Å². The fourth-order valence-electron chi connectivity index (χ4n) is 4.29. The van der Waals surface area contributed by atoms with Crippen LogP contribution >= 0.6 is 0 Å². The molecule has 1 aliphatic carbocycles. The number of sulfonamides is 1. The molecule has 2 aliphatic rings. The standard InChI is InChI=1S/C27H29N3O5S/c31-25(22-2-1-13-28-15-22)17-29-16-23-9-5-21-14-20(8-12-26(21)35-23)18-6-10-24(11-7-18)36(33,34)30-27(32)19-3-4-19/h1-2,6-8,10-15,19,23,25,29,31H,3-5,9,16-17H2,(H,30,32)/t23-,25+/m1/s1. The van der Waals surface area contributed by atoms with Gasteiger partial charge in [0.2, 0.25) is 5.91 Å². The summed E-state index contributed by atoms with van der Waals surface area (Å²) in [5.41, 5.74) is 3.74. The summed E-state index contributed by atoms with van der Waals surface area (Å²) in [7, 11) is -3.86. The number of amides is 1. The second-order valence-electron chi connectivity index (χ2n) is 9.33. The average molecular weight is 508 g/mol. The number of hydrogen-bond acceptors (Lipinski definition) is 7. The molecule has 3 aromatic rings. The number of pyridine rings is 1. The lowest BCUT2D eigenvalue weighted by Crippen LogP contribution is -2.36. The van der Waals surface area contributed by atoms with Crippen LogP contribution in [0, 0.1) is 5.92 Å². The number of benzene rings is 2. The molecule has 9 heteroatoms. The summed E-state index contributed by atoms with van der Waals surface area (Å²) in [5, 5.41) is 13.6. The molecule has 1 saturated carbocycles. The van der Waals surface area contributed by atoms with E-state index in [-0.39, 0.29) is 16.9 Å². The van der Waals surface area contributed by atoms with E-state index in [2.05, 4.69) is 21.1 Å². The smallest absolute Gasteiger partial charge is 0.264 e. The predicted molar refractivity (Wildman–Crippen MR) is 135 cm³/mol. The van der Waals surface area contributed by atoms with Crippen LogP contribution in [-0.4, -0.2) is 43.6 Å². The number of aliphatic hydroxyl groups is 1. The number of aryl methyl sites for hydroxylation is 1. The quantitative estimate of drug-likeness (QED) is 0.408. The number of ether oxygens (including phenoxy) is 1. The number of hydrogen-bond donors (Lipinski definition) is 3. The highest BCUT2D eigenvalue weighted by Gasteiger charge is 2.32. The minimum absolute atomic E-state index is 0.0137. The third-order valence-electron chi connectivity index (χ3n) is 6.55. The van der Waals surface area contributed by atoms with Crippen LogP contribution in [0.25, 0.3) is 11.1 Å². The Morgan fingerprint density at radius 1 is 1.08 bits per heavy atom. The van der Waals surface area contributed by atoms with Crippen molar-refractivity contribution in [2.45, 2.75) is 42.8 Å². The molecule has 0 radical (unpaired) electrons. The number of carbonyl (C=O) groups is 1. The van der Waals surface area contributed by atoms with Crippen molar-refractivity contribution in [2.75, 3.05) is 13.1 Å². The Morgan fingerprint density at radius 2 is 1.86 bits per heavy atom. The zero-order chi connectivity index (χ0) is 25.1. The number of rotatable bonds is 9. The Bertz CT molecular complexity index is 1330. The van der Waals surface area contributed by atoms with E-state index in [1.807, 2.05) is 18.2 Å². The van der Waals surface area contributed by atoms with Gasteiger partial charge in [-0.15, -0.1) is 0 Å². The van der Waals surface area contributed by atoms with Crippen LogP contribution in [0.2, 0.25) is 0 Å². The Morgan fingerprint density at radius 3 is 2.58 bits per heavy atom. The molecule has 1 aromatic heterocycles. The third kappa shape index (κ3) is 5.75. The van der Waals surface area contributed by atoms with Gasteiger partial charge in [-0.1, -0.05) is 24.3 Å². The molecule has 1 fully saturated rings. The molecule has 3 N–H and O–H groups in total. The minimum Gasteiger partial charge on any atom is -0.489 e. The van der Waals surface area contributed by atoms with Crippen molar-refractivity contribution in [3.05, 3.63) is 78.1 Å². The number of nitrogens with zero attached hydrogens (tertiary/aromatic N) is 1. The Balaban J connectivity index is 1.17. The highest BCUT2D eigenvalue weighted by atomic mass is 32.2. The number of aromatic nitrogens is 1. The summed E-state index contributed by atoms with van der Waals surface area (Å²) in [6, 6.07) is 16.2. The first-order valence-electron chi connectivity index (χ1n) is 12.1. The maximum absolute atomic E-state index is 12.5. The highest BCUT2D eigenvalue weighted by Crippen LogP contribution is 2.33. The van der Waals surface area contributed by atoms with E-state index in [1.165, 1.54) is 12.1 Å². The van der Waals surface area contributed by atoms with Gasteiger partial charge in [0.25, 0.3) is 10.0 Å². The molecular formula is C27H29N3O5S. The third-order valence-corrected chi connectivity index (χ3v) is 7.91. The zero-order valence-electron chi connectivity index (χ0n) is 19.8. The molecule has 2 aromatic carbocycles. The number of nitrogens with one attached hydrogen (secondary N) is 2. The van der Waals surface area contributed by atoms with Crippen LogP contribution < -0.4 is 14.8 Å². The maximum atomic E-state index is 12.5. The van der Waals surface area contributed by atoms with Crippen molar-refractivity contribution in [2.24, 2.45) is 5.92 Å². The van der Waals surface area contributed by atoms with Crippen molar-refractivity contribution >= 4 is 15.9 Å². The van der Waals surface area contributed by atoms with Crippen LogP contribution in [0.3, 0.4) is 0 Å². The summed E-state index contributed by atoms with van der Waals surface area (Å²) < 4.78 is 33.2. The summed E-state index contributed by atoms with van der Waals surface area (Å²) >= 11 is 0. The molecule has 188 valence electrons. The normalized spacial score (nSPS) is 18.1. The molecule has 0 spiro atoms. The largest absolute Gasteiger partial charge is 0.489 e. The fourth-order valence-corrected chi connectivity index (χ4v) is 5.33. The van der Waals surface area contributed by atoms with Crippen molar-refractivity contribution < 1.29 is 23.1 Å². The van der Waals surface area contributed by atoms with Gasteiger partial charge in [-0.05, 0) is 72.7 Å². The van der Waals surface area contributed by atoms with Gasteiger partial charge in [-0.2, -0.15) is 0 Å². The lowest BCUT2D eigenvalue weighted by atomic mass is 9.97. The number of carbonyl (C=O) groups excluding carboxylic acids is 1. The van der Waals surface area contributed by atoms with E-state index in [1.54, 1.807) is 30.6 Å². The van der Waals surface area contributed by atoms with Crippen molar-refractivity contribution in [1.82, 2.24) is 15.0 Å². The SMILES string of the molecule is O=C(NS(=O)(=O)c1ccc(-c2ccc3c(c2)CC[C@H](CNC[C@H](O)c2cccnc2)O3)cc1)C1CC1. The second kappa shape index (κ2) is 10.4. The van der Waals surface area contributed by atoms with Gasteiger partial charge >= 0.3 is 0 Å². The topological polar surface area (TPSA) is 118 Å². The lowest BCUT2D eigenvalue weighted by Gasteiger charge is -2.27. The molecule has 2 heterocycles. The maximum Gasteiger partial charge on any atom is 0.264 e. The van der Waals surface area contributed by atoms with E-state index in [0.717, 1.165) is 53.7 Å². The monoisotopic (exact) mass is 507 g/mol. The molecule has 0 saturated heterocycles. The molecule has 0 bridgehead atoms. The zero-order valence-corrected chi connectivity index (χ0v) is 20.6. The highest BCUT2D eigenvalue weighted by molar-refractivity contribution is 7.90. The fraction of sp³-hybridized carbons (Fsp3) is 0.333. The van der Waals surface area contributed by atoms with E-state index in [9.17, 15) is 18.3 Å². The molecule has 5 rings (SSSR count). The van der Waals surface area contributed by atoms with Gasteiger partial charge in [-0.3, -0.25) is 9.78 Å².